The Kier molecular flexibility index (Phi) is 4.75. The van der Waals surface area contributed by atoms with Gasteiger partial charge in [0, 0.05) is 14.0 Å². The molecular formula is C15H18BrIO. The molecule has 1 nitrogen and oxygen atoms in total. The van der Waals surface area contributed by atoms with Crippen molar-refractivity contribution in [2.75, 3.05) is 6.61 Å². The Bertz CT molecular complexity index is 456. The second kappa shape index (κ2) is 5.95. The van der Waals surface area contributed by atoms with E-state index < -0.39 is 0 Å². The van der Waals surface area contributed by atoms with Crippen LogP contribution in [0.15, 0.2) is 27.8 Å². The molecule has 18 heavy (non-hydrogen) atoms. The zero-order valence-electron chi connectivity index (χ0n) is 11.0. The van der Waals surface area contributed by atoms with Crippen molar-refractivity contribution in [1.29, 1.82) is 0 Å². The van der Waals surface area contributed by atoms with E-state index >= 15 is 0 Å². The van der Waals surface area contributed by atoms with Crippen molar-refractivity contribution in [2.45, 2.75) is 33.6 Å². The highest BCUT2D eigenvalue weighted by atomic mass is 127. The average molecular weight is 421 g/mol. The van der Waals surface area contributed by atoms with Crippen molar-refractivity contribution in [2.24, 2.45) is 5.92 Å². The number of hydrogen-bond donors (Lipinski definition) is 0. The summed E-state index contributed by atoms with van der Waals surface area (Å²) in [6, 6.07) is 4.20. The fourth-order valence-electron chi connectivity index (χ4n) is 2.40. The Balaban J connectivity index is 1.96. The summed E-state index contributed by atoms with van der Waals surface area (Å²) in [7, 11) is 0. The molecule has 0 aromatic heterocycles. The average Bonchev–Trinajstić information content (AvgIpc) is 2.63. The molecule has 0 amide bonds. The Hall–Kier alpha value is -0.0300. The lowest BCUT2D eigenvalue weighted by atomic mass is 10.1. The maximum atomic E-state index is 5.95. The molecule has 0 spiro atoms. The van der Waals surface area contributed by atoms with Gasteiger partial charge in [-0.15, -0.1) is 0 Å². The van der Waals surface area contributed by atoms with Gasteiger partial charge in [-0.2, -0.15) is 0 Å². The van der Waals surface area contributed by atoms with Gasteiger partial charge in [0.2, 0.25) is 0 Å². The van der Waals surface area contributed by atoms with E-state index in [1.165, 1.54) is 26.4 Å². The zero-order valence-corrected chi connectivity index (χ0v) is 14.8. The van der Waals surface area contributed by atoms with Crippen LogP contribution < -0.4 is 4.74 Å². The van der Waals surface area contributed by atoms with Crippen molar-refractivity contribution >= 4 is 38.5 Å². The molecule has 3 heteroatoms. The molecule has 0 N–H and O–H groups in total. The number of rotatable bonds is 3. The Morgan fingerprint density at radius 1 is 1.22 bits per heavy atom. The zero-order chi connectivity index (χ0) is 13.3. The number of hydrogen-bond acceptors (Lipinski definition) is 1. The van der Waals surface area contributed by atoms with Crippen LogP contribution in [0.4, 0.5) is 0 Å². The second-order valence-corrected chi connectivity index (χ2v) is 7.14. The molecule has 0 saturated carbocycles. The lowest BCUT2D eigenvalue weighted by molar-refractivity contribution is 0.253. The first-order valence-corrected chi connectivity index (χ1v) is 8.08. The molecule has 1 aliphatic carbocycles. The number of benzene rings is 1. The van der Waals surface area contributed by atoms with Gasteiger partial charge in [0.25, 0.3) is 0 Å². The summed E-state index contributed by atoms with van der Waals surface area (Å²) in [4.78, 5) is 0. The van der Waals surface area contributed by atoms with E-state index in [4.69, 9.17) is 4.74 Å². The van der Waals surface area contributed by atoms with Gasteiger partial charge < -0.3 is 4.74 Å². The van der Waals surface area contributed by atoms with Crippen molar-refractivity contribution in [3.63, 3.8) is 0 Å². The summed E-state index contributed by atoms with van der Waals surface area (Å²) < 4.78 is 8.33. The van der Waals surface area contributed by atoms with E-state index in [9.17, 15) is 0 Å². The summed E-state index contributed by atoms with van der Waals surface area (Å²) in [5.41, 5.74) is 4.32. The van der Waals surface area contributed by atoms with Crippen molar-refractivity contribution in [3.8, 4) is 5.75 Å². The molecule has 1 aliphatic rings. The quantitative estimate of drug-likeness (QED) is 0.464. The molecule has 98 valence electrons. The minimum atomic E-state index is 0.659. The Labute approximate surface area is 131 Å². The van der Waals surface area contributed by atoms with Gasteiger partial charge in [-0.3, -0.25) is 0 Å². The monoisotopic (exact) mass is 420 g/mol. The fraction of sp³-hybridized carbons (Fsp3) is 0.467. The normalized spacial score (nSPS) is 16.5. The van der Waals surface area contributed by atoms with Crippen LogP contribution in [0.25, 0.3) is 0 Å². The van der Waals surface area contributed by atoms with Crippen LogP contribution >= 0.6 is 38.5 Å². The molecule has 1 aromatic rings. The van der Waals surface area contributed by atoms with E-state index in [1.807, 2.05) is 0 Å². The van der Waals surface area contributed by atoms with Gasteiger partial charge in [0.15, 0.2) is 0 Å². The summed E-state index contributed by atoms with van der Waals surface area (Å²) in [6.07, 6.45) is 2.39. The van der Waals surface area contributed by atoms with Crippen molar-refractivity contribution in [3.05, 3.63) is 36.9 Å². The lowest BCUT2D eigenvalue weighted by Crippen LogP contribution is -2.09. The van der Waals surface area contributed by atoms with E-state index in [0.29, 0.717) is 5.92 Å². The third-order valence-electron chi connectivity index (χ3n) is 3.59. The number of ether oxygens (including phenoxy) is 1. The third-order valence-corrected chi connectivity index (χ3v) is 6.23. The predicted octanol–water partition coefficient (Wildman–Crippen LogP) is 5.49. The highest BCUT2D eigenvalue weighted by Crippen LogP contribution is 2.32. The standard InChI is InChI=1S/C15H18BrIO/c1-9-4-12(5-10(9)2)8-18-13-6-11(3)15(16)14(17)7-13/h6-7,12H,4-5,8H2,1-3H3. The van der Waals surface area contributed by atoms with Gasteiger partial charge in [-0.05, 0) is 89.8 Å². The van der Waals surface area contributed by atoms with Crippen LogP contribution in [0, 0.1) is 16.4 Å². The van der Waals surface area contributed by atoms with Gasteiger partial charge in [-0.1, -0.05) is 11.1 Å². The Morgan fingerprint density at radius 3 is 2.39 bits per heavy atom. The third kappa shape index (κ3) is 3.29. The largest absolute Gasteiger partial charge is 0.493 e. The molecule has 0 bridgehead atoms. The molecule has 0 atom stereocenters. The van der Waals surface area contributed by atoms with Crippen molar-refractivity contribution in [1.82, 2.24) is 0 Å². The summed E-state index contributed by atoms with van der Waals surface area (Å²) >= 11 is 5.91. The first-order valence-electron chi connectivity index (χ1n) is 6.21. The van der Waals surface area contributed by atoms with Crippen LogP contribution in [-0.4, -0.2) is 6.61 Å². The molecule has 0 radical (unpaired) electrons. The predicted molar refractivity (Wildman–Crippen MR) is 88.2 cm³/mol. The topological polar surface area (TPSA) is 9.23 Å². The number of halogens is 2. The van der Waals surface area contributed by atoms with E-state index in [-0.39, 0.29) is 0 Å². The van der Waals surface area contributed by atoms with Gasteiger partial charge in [-0.25, -0.2) is 0 Å². The first-order chi connectivity index (χ1) is 8.47. The second-order valence-electron chi connectivity index (χ2n) is 5.18. The minimum absolute atomic E-state index is 0.659. The van der Waals surface area contributed by atoms with Crippen LogP contribution in [0.3, 0.4) is 0 Å². The highest BCUT2D eigenvalue weighted by Gasteiger charge is 2.19. The molecule has 2 rings (SSSR count). The van der Waals surface area contributed by atoms with E-state index in [2.05, 4.69) is 71.4 Å². The van der Waals surface area contributed by atoms with E-state index in [0.717, 1.165) is 12.4 Å². The Morgan fingerprint density at radius 2 is 1.83 bits per heavy atom. The van der Waals surface area contributed by atoms with Crippen LogP contribution in [0.2, 0.25) is 0 Å². The SMILES string of the molecule is CC1=C(C)CC(COc2cc(C)c(Br)c(I)c2)C1. The van der Waals surface area contributed by atoms with Crippen LogP contribution in [-0.2, 0) is 0 Å². The molecule has 0 fully saturated rings. The molecular weight excluding hydrogens is 403 g/mol. The maximum Gasteiger partial charge on any atom is 0.120 e. The molecule has 0 aliphatic heterocycles. The van der Waals surface area contributed by atoms with Crippen molar-refractivity contribution < 1.29 is 4.74 Å². The first kappa shape index (κ1) is 14.4. The van der Waals surface area contributed by atoms with Gasteiger partial charge in [0.1, 0.15) is 5.75 Å². The minimum Gasteiger partial charge on any atom is -0.493 e. The maximum absolute atomic E-state index is 5.95. The van der Waals surface area contributed by atoms with Gasteiger partial charge >= 0.3 is 0 Å². The smallest absolute Gasteiger partial charge is 0.120 e. The van der Waals surface area contributed by atoms with Crippen LogP contribution in [0.1, 0.15) is 32.3 Å². The number of aryl methyl sites for hydroxylation is 1. The van der Waals surface area contributed by atoms with E-state index in [1.54, 1.807) is 11.1 Å². The highest BCUT2D eigenvalue weighted by molar-refractivity contribution is 14.1. The fourth-order valence-corrected chi connectivity index (χ4v) is 3.36. The summed E-state index contributed by atoms with van der Waals surface area (Å²) in [5, 5.41) is 0. The molecule has 1 aromatic carbocycles. The molecule has 0 unspecified atom stereocenters. The lowest BCUT2D eigenvalue weighted by Gasteiger charge is -2.13. The number of allylic oxidation sites excluding steroid dienone is 2. The van der Waals surface area contributed by atoms with Crippen LogP contribution in [0.5, 0.6) is 5.75 Å². The molecule has 0 saturated heterocycles. The summed E-state index contributed by atoms with van der Waals surface area (Å²) in [6.45, 7) is 7.40. The molecule has 0 heterocycles. The van der Waals surface area contributed by atoms with Gasteiger partial charge in [0.05, 0.1) is 6.61 Å². The summed E-state index contributed by atoms with van der Waals surface area (Å²) in [5.74, 6) is 1.65.